The first-order valence-corrected chi connectivity index (χ1v) is 19.8. The number of pyridine rings is 2. The molecule has 1 aliphatic rings. The lowest BCUT2D eigenvalue weighted by Gasteiger charge is -2.19. The minimum Gasteiger partial charge on any atom is -0.467 e. The van der Waals surface area contributed by atoms with Gasteiger partial charge in [0.1, 0.15) is 34.3 Å². The first-order chi connectivity index (χ1) is 29.1. The van der Waals surface area contributed by atoms with Gasteiger partial charge in [0.2, 0.25) is 0 Å². The Kier molecular flexibility index (Phi) is 13.0. The van der Waals surface area contributed by atoms with E-state index in [9.17, 15) is 9.59 Å². The van der Waals surface area contributed by atoms with Crippen molar-refractivity contribution in [2.24, 2.45) is 0 Å². The monoisotopic (exact) mass is 808 g/mol. The topological polar surface area (TPSA) is 137 Å². The molecule has 60 heavy (non-hydrogen) atoms. The van der Waals surface area contributed by atoms with E-state index >= 15 is 0 Å². The first kappa shape index (κ1) is 41.4. The molecule has 6 aromatic heterocycles. The molecule has 2 aromatic carbocycles. The van der Waals surface area contributed by atoms with Crippen LogP contribution in [0.2, 0.25) is 0 Å². The number of aromatic nitrogens is 2. The quantitative estimate of drug-likeness (QED) is 0.146. The van der Waals surface area contributed by atoms with Gasteiger partial charge in [-0.15, -0.1) is 0 Å². The number of amides is 2. The van der Waals surface area contributed by atoms with Gasteiger partial charge in [-0.25, -0.2) is 9.97 Å². The van der Waals surface area contributed by atoms with Crippen LogP contribution in [0.25, 0.3) is 21.9 Å². The van der Waals surface area contributed by atoms with Crippen LogP contribution in [-0.2, 0) is 22.6 Å². The molecule has 0 saturated carbocycles. The summed E-state index contributed by atoms with van der Waals surface area (Å²) < 4.78 is 32.7. The van der Waals surface area contributed by atoms with Crippen LogP contribution in [0, 0.1) is 41.5 Å². The van der Waals surface area contributed by atoms with Crippen molar-refractivity contribution in [2.45, 2.75) is 54.6 Å². The average molecular weight is 809 g/mol. The van der Waals surface area contributed by atoms with Gasteiger partial charge >= 0.3 is 0 Å². The minimum atomic E-state index is -0.242. The Morgan fingerprint density at radius 2 is 0.933 bits per heavy atom. The molecule has 1 aliphatic heterocycles. The number of furan rings is 4. The number of benzene rings is 2. The van der Waals surface area contributed by atoms with E-state index in [0.29, 0.717) is 34.7 Å². The van der Waals surface area contributed by atoms with Gasteiger partial charge in [0.05, 0.1) is 52.0 Å². The summed E-state index contributed by atoms with van der Waals surface area (Å²) >= 11 is 0. The number of aryl methyl sites for hydroxylation is 6. The summed E-state index contributed by atoms with van der Waals surface area (Å²) in [6.45, 7) is 15.7. The van der Waals surface area contributed by atoms with E-state index in [0.717, 1.165) is 70.6 Å². The molecule has 1 saturated heterocycles. The Balaban J connectivity index is 0.000000159. The molecule has 9 rings (SSSR count). The van der Waals surface area contributed by atoms with Crippen LogP contribution >= 0.6 is 0 Å². The Hall–Kier alpha value is -6.76. The fourth-order valence-corrected chi connectivity index (χ4v) is 6.70. The standard InChI is InChI=1S/2C22H20N2O3.C4H8O2/c2*1-14-11-18-16(3)21(27-19(18)12-15(14)2)22(25)24(13-17-7-6-10-26-17)20-8-4-5-9-23-20;1-2-6-4-3-5-1/h2*4-12H,13H2,1-3H3;1-4H2. The van der Waals surface area contributed by atoms with Crippen LogP contribution in [-0.4, -0.2) is 48.2 Å². The molecule has 0 bridgehead atoms. The van der Waals surface area contributed by atoms with E-state index in [1.807, 2.05) is 76.2 Å². The molecule has 7 heterocycles. The van der Waals surface area contributed by atoms with Crippen LogP contribution in [0.5, 0.6) is 0 Å². The van der Waals surface area contributed by atoms with Crippen LogP contribution < -0.4 is 9.80 Å². The predicted octanol–water partition coefficient (Wildman–Crippen LogP) is 10.4. The second-order valence-corrected chi connectivity index (χ2v) is 14.5. The van der Waals surface area contributed by atoms with Gasteiger partial charge < -0.3 is 27.1 Å². The zero-order chi connectivity index (χ0) is 42.2. The molecular formula is C48H48N4O8. The van der Waals surface area contributed by atoms with Gasteiger partial charge in [-0.1, -0.05) is 12.1 Å². The Morgan fingerprint density at radius 3 is 1.27 bits per heavy atom. The van der Waals surface area contributed by atoms with Gasteiger partial charge in [-0.05, 0) is 137 Å². The summed E-state index contributed by atoms with van der Waals surface area (Å²) in [6, 6.07) is 26.3. The fraction of sp³-hybridized carbons (Fsp3) is 0.250. The van der Waals surface area contributed by atoms with Gasteiger partial charge in [0, 0.05) is 34.3 Å². The summed E-state index contributed by atoms with van der Waals surface area (Å²) in [7, 11) is 0. The number of ether oxygens (including phenoxy) is 2. The normalized spacial score (nSPS) is 12.4. The third kappa shape index (κ3) is 9.41. The summed E-state index contributed by atoms with van der Waals surface area (Å²) in [4.78, 5) is 38.6. The maximum atomic E-state index is 13.4. The summed E-state index contributed by atoms with van der Waals surface area (Å²) in [5.41, 5.74) is 7.71. The first-order valence-electron chi connectivity index (χ1n) is 19.8. The number of anilines is 2. The number of carbonyl (C=O) groups is 2. The molecule has 0 spiro atoms. The van der Waals surface area contributed by atoms with Crippen molar-refractivity contribution in [3.63, 3.8) is 0 Å². The maximum absolute atomic E-state index is 13.4. The van der Waals surface area contributed by atoms with Crippen molar-refractivity contribution < 1.29 is 36.7 Å². The van der Waals surface area contributed by atoms with Crippen molar-refractivity contribution in [3.05, 3.63) is 166 Å². The number of carbonyl (C=O) groups excluding carboxylic acids is 2. The number of hydrogen-bond donors (Lipinski definition) is 0. The van der Waals surface area contributed by atoms with Gasteiger partial charge in [-0.2, -0.15) is 0 Å². The molecule has 12 nitrogen and oxygen atoms in total. The minimum absolute atomic E-state index is 0.242. The maximum Gasteiger partial charge on any atom is 0.295 e. The van der Waals surface area contributed by atoms with Gasteiger partial charge in [-0.3, -0.25) is 19.4 Å². The van der Waals surface area contributed by atoms with Gasteiger partial charge in [0.15, 0.2) is 11.5 Å². The molecule has 2 amide bonds. The molecule has 1 fully saturated rings. The highest BCUT2D eigenvalue weighted by molar-refractivity contribution is 6.08. The number of nitrogens with zero attached hydrogens (tertiary/aromatic N) is 4. The number of hydrogen-bond acceptors (Lipinski definition) is 10. The van der Waals surface area contributed by atoms with E-state index in [-0.39, 0.29) is 24.9 Å². The lowest BCUT2D eigenvalue weighted by atomic mass is 10.0. The summed E-state index contributed by atoms with van der Waals surface area (Å²) in [6.07, 6.45) is 6.51. The molecule has 0 aliphatic carbocycles. The van der Waals surface area contributed by atoms with E-state index in [1.54, 1.807) is 59.0 Å². The second kappa shape index (κ2) is 18.9. The van der Waals surface area contributed by atoms with Crippen molar-refractivity contribution in [1.29, 1.82) is 0 Å². The zero-order valence-electron chi connectivity index (χ0n) is 34.7. The molecular weight excluding hydrogens is 761 g/mol. The number of fused-ring (bicyclic) bond motifs is 2. The molecule has 0 atom stereocenters. The van der Waals surface area contributed by atoms with E-state index in [2.05, 4.69) is 35.9 Å². The van der Waals surface area contributed by atoms with E-state index in [1.165, 1.54) is 11.1 Å². The molecule has 0 radical (unpaired) electrons. The van der Waals surface area contributed by atoms with Crippen LogP contribution in [0.4, 0.5) is 11.6 Å². The van der Waals surface area contributed by atoms with Crippen molar-refractivity contribution >= 4 is 45.4 Å². The van der Waals surface area contributed by atoms with Crippen LogP contribution in [0.1, 0.15) is 66.0 Å². The fourth-order valence-electron chi connectivity index (χ4n) is 6.70. The van der Waals surface area contributed by atoms with E-state index in [4.69, 9.17) is 27.1 Å². The SMILES string of the molecule is C1COCCO1.Cc1cc2oc(C(=O)N(Cc3ccco3)c3ccccn3)c(C)c2cc1C.Cc1cc2oc(C(=O)N(Cc3ccco3)c3ccccn3)c(C)c2cc1C. The number of rotatable bonds is 8. The molecule has 8 aromatic rings. The highest BCUT2D eigenvalue weighted by atomic mass is 16.6. The van der Waals surface area contributed by atoms with Crippen molar-refractivity contribution in [1.82, 2.24) is 9.97 Å². The molecule has 308 valence electrons. The van der Waals surface area contributed by atoms with Crippen molar-refractivity contribution in [2.75, 3.05) is 36.2 Å². The van der Waals surface area contributed by atoms with Gasteiger partial charge in [0.25, 0.3) is 11.8 Å². The Bertz CT molecular complexity index is 2470. The highest BCUT2D eigenvalue weighted by Gasteiger charge is 2.28. The van der Waals surface area contributed by atoms with Crippen molar-refractivity contribution in [3.8, 4) is 0 Å². The lowest BCUT2D eigenvalue weighted by molar-refractivity contribution is -0.0334. The smallest absolute Gasteiger partial charge is 0.295 e. The lowest BCUT2D eigenvalue weighted by Crippen LogP contribution is -2.31. The largest absolute Gasteiger partial charge is 0.467 e. The second-order valence-electron chi connectivity index (χ2n) is 14.5. The van der Waals surface area contributed by atoms with Crippen LogP contribution in [0.3, 0.4) is 0 Å². The third-order valence-corrected chi connectivity index (χ3v) is 10.4. The van der Waals surface area contributed by atoms with Crippen LogP contribution in [0.15, 0.2) is 128 Å². The molecule has 0 unspecified atom stereocenters. The molecule has 12 heteroatoms. The highest BCUT2D eigenvalue weighted by Crippen LogP contribution is 2.32. The predicted molar refractivity (Wildman–Crippen MR) is 229 cm³/mol. The molecule has 0 N–H and O–H groups in total. The zero-order valence-corrected chi connectivity index (χ0v) is 34.7. The Labute approximate surface area is 348 Å². The van der Waals surface area contributed by atoms with E-state index < -0.39 is 0 Å². The summed E-state index contributed by atoms with van der Waals surface area (Å²) in [5.74, 6) is 2.61. The average Bonchev–Trinajstić information content (AvgIpc) is 4.11. The Morgan fingerprint density at radius 1 is 0.533 bits per heavy atom. The summed E-state index contributed by atoms with van der Waals surface area (Å²) in [5, 5.41) is 1.92. The third-order valence-electron chi connectivity index (χ3n) is 10.4.